The lowest BCUT2D eigenvalue weighted by Gasteiger charge is -2.36. The van der Waals surface area contributed by atoms with Gasteiger partial charge in [-0.25, -0.2) is 13.8 Å². The number of aromatic nitrogens is 1. The molecule has 1 aromatic heterocycles. The maximum Gasteiger partial charge on any atom is 0.255 e. The topological polar surface area (TPSA) is 36.4 Å². The van der Waals surface area contributed by atoms with E-state index >= 15 is 0 Å². The number of piperazine rings is 1. The van der Waals surface area contributed by atoms with Crippen LogP contribution in [0.4, 0.5) is 14.5 Å². The van der Waals surface area contributed by atoms with Crippen molar-refractivity contribution in [2.45, 2.75) is 0 Å². The number of carbonyl (C=O) groups is 1. The van der Waals surface area contributed by atoms with Crippen molar-refractivity contribution >= 4 is 33.1 Å². The minimum absolute atomic E-state index is 0.0333. The van der Waals surface area contributed by atoms with Crippen molar-refractivity contribution < 1.29 is 13.6 Å². The van der Waals surface area contributed by atoms with Crippen molar-refractivity contribution in [1.82, 2.24) is 9.88 Å². The number of fused-ring (bicyclic) bond motifs is 1. The van der Waals surface area contributed by atoms with Gasteiger partial charge in [0.1, 0.15) is 11.6 Å². The number of benzene rings is 2. The van der Waals surface area contributed by atoms with Crippen LogP contribution >= 0.6 is 11.3 Å². The molecule has 1 aliphatic heterocycles. The Labute approximate surface area is 147 Å². The maximum atomic E-state index is 13.9. The first-order chi connectivity index (χ1) is 12.1. The second-order valence-corrected chi connectivity index (χ2v) is 6.74. The summed E-state index contributed by atoms with van der Waals surface area (Å²) in [5.74, 6) is -1.20. The van der Waals surface area contributed by atoms with Crippen molar-refractivity contribution in [2.75, 3.05) is 31.1 Å². The molecule has 1 aliphatic rings. The molecule has 0 atom stereocenters. The molecule has 0 bridgehead atoms. The third-order valence-corrected chi connectivity index (χ3v) is 5.28. The van der Waals surface area contributed by atoms with E-state index in [9.17, 15) is 13.6 Å². The number of anilines is 1. The minimum atomic E-state index is -0.590. The highest BCUT2D eigenvalue weighted by molar-refractivity contribution is 7.17. The van der Waals surface area contributed by atoms with Crippen LogP contribution in [0.2, 0.25) is 0 Å². The highest BCUT2D eigenvalue weighted by Crippen LogP contribution is 2.25. The van der Waals surface area contributed by atoms with Gasteiger partial charge in [0.15, 0.2) is 0 Å². The number of halogens is 2. The van der Waals surface area contributed by atoms with Gasteiger partial charge in [0.05, 0.1) is 27.0 Å². The number of hydrogen-bond donors (Lipinski definition) is 0. The average molecular weight is 359 g/mol. The molecular formula is C18H15F2N3OS. The highest BCUT2D eigenvalue weighted by Gasteiger charge is 2.25. The summed E-state index contributed by atoms with van der Waals surface area (Å²) in [7, 11) is 0. The highest BCUT2D eigenvalue weighted by atomic mass is 32.1. The Bertz CT molecular complexity index is 935. The smallest absolute Gasteiger partial charge is 0.255 e. The Morgan fingerprint density at radius 2 is 1.88 bits per heavy atom. The fourth-order valence-electron chi connectivity index (χ4n) is 3.11. The SMILES string of the molecule is O=C(c1cccc2ncsc12)N1CCN(c2ccc(F)cc2F)CC1. The minimum Gasteiger partial charge on any atom is -0.366 e. The third-order valence-electron chi connectivity index (χ3n) is 4.40. The van der Waals surface area contributed by atoms with E-state index in [2.05, 4.69) is 4.98 Å². The van der Waals surface area contributed by atoms with Crippen molar-refractivity contribution in [3.8, 4) is 0 Å². The summed E-state index contributed by atoms with van der Waals surface area (Å²) >= 11 is 1.45. The Balaban J connectivity index is 1.50. The second kappa shape index (κ2) is 6.40. The molecule has 4 nitrogen and oxygen atoms in total. The number of hydrogen-bond acceptors (Lipinski definition) is 4. The molecule has 4 rings (SSSR count). The Morgan fingerprint density at radius 3 is 2.64 bits per heavy atom. The van der Waals surface area contributed by atoms with E-state index in [0.717, 1.165) is 16.3 Å². The molecule has 0 N–H and O–H groups in total. The first-order valence-electron chi connectivity index (χ1n) is 7.95. The lowest BCUT2D eigenvalue weighted by atomic mass is 10.1. The number of rotatable bonds is 2. The quantitative estimate of drug-likeness (QED) is 0.702. The molecule has 25 heavy (non-hydrogen) atoms. The molecule has 1 amide bonds. The van der Waals surface area contributed by atoms with Crippen LogP contribution in [0.3, 0.4) is 0 Å². The number of carbonyl (C=O) groups excluding carboxylic acids is 1. The molecule has 0 radical (unpaired) electrons. The average Bonchev–Trinajstić information content (AvgIpc) is 3.10. The Hall–Kier alpha value is -2.54. The fourth-order valence-corrected chi connectivity index (χ4v) is 3.91. The van der Waals surface area contributed by atoms with E-state index < -0.39 is 11.6 Å². The van der Waals surface area contributed by atoms with Crippen LogP contribution in [0, 0.1) is 11.6 Å². The lowest BCUT2D eigenvalue weighted by Crippen LogP contribution is -2.49. The van der Waals surface area contributed by atoms with Gasteiger partial charge in [-0.3, -0.25) is 4.79 Å². The lowest BCUT2D eigenvalue weighted by molar-refractivity contribution is 0.0749. The summed E-state index contributed by atoms with van der Waals surface area (Å²) in [6.45, 7) is 2.00. The van der Waals surface area contributed by atoms with Gasteiger partial charge in [0.2, 0.25) is 0 Å². The standard InChI is InChI=1S/C18H15F2N3OS/c19-12-4-5-16(14(20)10-12)22-6-8-23(9-7-22)18(24)13-2-1-3-15-17(13)25-11-21-15/h1-5,10-11H,6-9H2. The third kappa shape index (κ3) is 2.95. The fraction of sp³-hybridized carbons (Fsp3) is 0.222. The summed E-state index contributed by atoms with van der Waals surface area (Å²) in [6, 6.07) is 9.12. The normalized spacial score (nSPS) is 15.0. The van der Waals surface area contributed by atoms with Gasteiger partial charge in [-0.1, -0.05) is 6.07 Å². The van der Waals surface area contributed by atoms with Gasteiger partial charge in [-0.2, -0.15) is 0 Å². The first-order valence-corrected chi connectivity index (χ1v) is 8.83. The van der Waals surface area contributed by atoms with E-state index in [4.69, 9.17) is 0 Å². The van der Waals surface area contributed by atoms with Crippen LogP contribution in [0.25, 0.3) is 10.2 Å². The van der Waals surface area contributed by atoms with E-state index in [1.54, 1.807) is 10.4 Å². The van der Waals surface area contributed by atoms with Crippen molar-refractivity contribution in [3.63, 3.8) is 0 Å². The predicted octanol–water partition coefficient (Wildman–Crippen LogP) is 3.54. The monoisotopic (exact) mass is 359 g/mol. The number of nitrogens with zero attached hydrogens (tertiary/aromatic N) is 3. The molecular weight excluding hydrogens is 344 g/mol. The summed E-state index contributed by atoms with van der Waals surface area (Å²) in [5.41, 5.74) is 3.58. The molecule has 1 saturated heterocycles. The van der Waals surface area contributed by atoms with Crippen LogP contribution in [0.5, 0.6) is 0 Å². The van der Waals surface area contributed by atoms with Gasteiger partial charge in [-0.15, -0.1) is 11.3 Å². The second-order valence-electron chi connectivity index (χ2n) is 5.88. The van der Waals surface area contributed by atoms with Crippen molar-refractivity contribution in [1.29, 1.82) is 0 Å². The molecule has 0 saturated carbocycles. The van der Waals surface area contributed by atoms with E-state index in [0.29, 0.717) is 37.4 Å². The van der Waals surface area contributed by atoms with Crippen molar-refractivity contribution in [2.24, 2.45) is 0 Å². The number of thiazole rings is 1. The van der Waals surface area contributed by atoms with Crippen LogP contribution < -0.4 is 4.90 Å². The summed E-state index contributed by atoms with van der Waals surface area (Å²) < 4.78 is 27.9. The molecule has 3 aromatic rings. The molecule has 0 aliphatic carbocycles. The van der Waals surface area contributed by atoms with Gasteiger partial charge in [-0.05, 0) is 24.3 Å². The summed E-state index contributed by atoms with van der Waals surface area (Å²) in [4.78, 5) is 20.7. The van der Waals surface area contributed by atoms with Gasteiger partial charge in [0, 0.05) is 32.2 Å². The zero-order valence-electron chi connectivity index (χ0n) is 13.3. The molecule has 1 fully saturated rings. The van der Waals surface area contributed by atoms with Crippen LogP contribution in [-0.2, 0) is 0 Å². The predicted molar refractivity (Wildman–Crippen MR) is 94.1 cm³/mol. The zero-order chi connectivity index (χ0) is 17.4. The Kier molecular flexibility index (Phi) is 4.09. The molecule has 2 heterocycles. The molecule has 7 heteroatoms. The molecule has 128 valence electrons. The van der Waals surface area contributed by atoms with E-state index in [1.165, 1.54) is 23.5 Å². The maximum absolute atomic E-state index is 13.9. The van der Waals surface area contributed by atoms with Crippen LogP contribution in [0.1, 0.15) is 10.4 Å². The summed E-state index contributed by atoms with van der Waals surface area (Å²) in [6.07, 6.45) is 0. The molecule has 0 unspecified atom stereocenters. The van der Waals surface area contributed by atoms with Crippen molar-refractivity contribution in [3.05, 3.63) is 59.1 Å². The molecule has 2 aromatic carbocycles. The van der Waals surface area contributed by atoms with Gasteiger partial charge >= 0.3 is 0 Å². The van der Waals surface area contributed by atoms with E-state index in [1.807, 2.05) is 23.1 Å². The first kappa shape index (κ1) is 16.0. The van der Waals surface area contributed by atoms with Gasteiger partial charge in [0.25, 0.3) is 5.91 Å². The largest absolute Gasteiger partial charge is 0.366 e. The van der Waals surface area contributed by atoms with Crippen LogP contribution in [-0.4, -0.2) is 42.0 Å². The zero-order valence-corrected chi connectivity index (χ0v) is 14.1. The van der Waals surface area contributed by atoms with E-state index in [-0.39, 0.29) is 5.91 Å². The molecule has 0 spiro atoms. The van der Waals surface area contributed by atoms with Gasteiger partial charge < -0.3 is 9.80 Å². The summed E-state index contributed by atoms with van der Waals surface area (Å²) in [5, 5.41) is 0. The Morgan fingerprint density at radius 1 is 1.08 bits per heavy atom. The number of amides is 1. The van der Waals surface area contributed by atoms with Crippen LogP contribution in [0.15, 0.2) is 41.9 Å².